The minimum Gasteiger partial charge on any atom is -0.370 e. The molecule has 0 saturated heterocycles. The van der Waals surface area contributed by atoms with Crippen molar-refractivity contribution < 1.29 is 4.39 Å². The van der Waals surface area contributed by atoms with Crippen LogP contribution in [-0.4, -0.2) is 7.05 Å². The van der Waals surface area contributed by atoms with E-state index in [0.29, 0.717) is 0 Å². The highest BCUT2D eigenvalue weighted by Crippen LogP contribution is 2.21. The molecule has 0 bridgehead atoms. The maximum Gasteiger partial charge on any atom is 0.123 e. The fourth-order valence-electron chi connectivity index (χ4n) is 1.67. The van der Waals surface area contributed by atoms with Gasteiger partial charge < -0.3 is 4.90 Å². The van der Waals surface area contributed by atoms with Crippen LogP contribution in [0.4, 0.5) is 10.1 Å². The molecule has 0 aliphatic rings. The Labute approximate surface area is 109 Å². The van der Waals surface area contributed by atoms with E-state index in [0.717, 1.165) is 16.7 Å². The Morgan fingerprint density at radius 1 is 1.06 bits per heavy atom. The molecule has 0 unspecified atom stereocenters. The lowest BCUT2D eigenvalue weighted by Gasteiger charge is -2.20. The van der Waals surface area contributed by atoms with E-state index in [1.807, 2.05) is 25.2 Å². The van der Waals surface area contributed by atoms with Crippen molar-refractivity contribution in [1.29, 1.82) is 0 Å². The number of benzene rings is 2. The van der Waals surface area contributed by atoms with Gasteiger partial charge in [-0.1, -0.05) is 34.1 Å². The summed E-state index contributed by atoms with van der Waals surface area (Å²) in [5.74, 6) is -0.206. The number of hydrogen-bond acceptors (Lipinski definition) is 1. The highest BCUT2D eigenvalue weighted by atomic mass is 79.9. The van der Waals surface area contributed by atoms with Crippen LogP contribution < -0.4 is 4.90 Å². The van der Waals surface area contributed by atoms with E-state index in [1.165, 1.54) is 17.7 Å². The smallest absolute Gasteiger partial charge is 0.123 e. The van der Waals surface area contributed by atoms with Gasteiger partial charge in [-0.05, 0) is 35.9 Å². The average molecular weight is 294 g/mol. The van der Waals surface area contributed by atoms with Crippen molar-refractivity contribution in [3.05, 3.63) is 64.4 Å². The summed E-state index contributed by atoms with van der Waals surface area (Å²) >= 11 is 3.52. The third-order valence-corrected chi connectivity index (χ3v) is 3.41. The van der Waals surface area contributed by atoms with Gasteiger partial charge in [0.25, 0.3) is 0 Å². The molecule has 0 aromatic heterocycles. The number of halogens is 2. The SMILES string of the molecule is CN(Cc1ccccc1Br)c1ccc(F)cc1. The fraction of sp³-hybridized carbons (Fsp3) is 0.143. The Balaban J connectivity index is 2.14. The topological polar surface area (TPSA) is 3.24 Å². The molecular weight excluding hydrogens is 281 g/mol. The van der Waals surface area contributed by atoms with E-state index in [-0.39, 0.29) is 5.82 Å². The fourth-order valence-corrected chi connectivity index (χ4v) is 2.08. The lowest BCUT2D eigenvalue weighted by Crippen LogP contribution is -2.16. The van der Waals surface area contributed by atoms with Gasteiger partial charge in [0.05, 0.1) is 0 Å². The average Bonchev–Trinajstić information content (AvgIpc) is 2.33. The minimum atomic E-state index is -0.206. The Morgan fingerprint density at radius 3 is 2.35 bits per heavy atom. The largest absolute Gasteiger partial charge is 0.370 e. The molecule has 2 rings (SSSR count). The molecule has 88 valence electrons. The van der Waals surface area contributed by atoms with Gasteiger partial charge in [0.2, 0.25) is 0 Å². The van der Waals surface area contributed by atoms with E-state index >= 15 is 0 Å². The predicted molar refractivity (Wildman–Crippen MR) is 72.6 cm³/mol. The second-order valence-electron chi connectivity index (χ2n) is 3.92. The molecule has 0 radical (unpaired) electrons. The van der Waals surface area contributed by atoms with Crippen molar-refractivity contribution in [2.24, 2.45) is 0 Å². The summed E-state index contributed by atoms with van der Waals surface area (Å²) < 4.78 is 13.9. The van der Waals surface area contributed by atoms with Gasteiger partial charge in [-0.3, -0.25) is 0 Å². The molecule has 0 N–H and O–H groups in total. The molecule has 0 aliphatic heterocycles. The molecule has 2 aromatic rings. The zero-order valence-electron chi connectivity index (χ0n) is 9.53. The maximum atomic E-state index is 12.8. The normalized spacial score (nSPS) is 10.3. The van der Waals surface area contributed by atoms with Crippen LogP contribution in [-0.2, 0) is 6.54 Å². The molecule has 0 atom stereocenters. The molecule has 17 heavy (non-hydrogen) atoms. The van der Waals surface area contributed by atoms with Gasteiger partial charge >= 0.3 is 0 Å². The number of anilines is 1. The van der Waals surface area contributed by atoms with Gasteiger partial charge in [0.15, 0.2) is 0 Å². The first-order valence-electron chi connectivity index (χ1n) is 5.37. The van der Waals surface area contributed by atoms with Gasteiger partial charge in [0.1, 0.15) is 5.82 Å². The van der Waals surface area contributed by atoms with Crippen LogP contribution in [0, 0.1) is 5.82 Å². The Morgan fingerprint density at radius 2 is 1.71 bits per heavy atom. The molecular formula is C14H13BrFN. The number of rotatable bonds is 3. The number of nitrogens with zero attached hydrogens (tertiary/aromatic N) is 1. The van der Waals surface area contributed by atoms with Crippen molar-refractivity contribution in [2.75, 3.05) is 11.9 Å². The van der Waals surface area contributed by atoms with E-state index in [4.69, 9.17) is 0 Å². The second kappa shape index (κ2) is 5.32. The molecule has 0 heterocycles. The van der Waals surface area contributed by atoms with Gasteiger partial charge in [-0.25, -0.2) is 4.39 Å². The summed E-state index contributed by atoms with van der Waals surface area (Å²) in [6.07, 6.45) is 0. The monoisotopic (exact) mass is 293 g/mol. The lowest BCUT2D eigenvalue weighted by atomic mass is 10.2. The third-order valence-electron chi connectivity index (χ3n) is 2.63. The first-order chi connectivity index (χ1) is 8.16. The van der Waals surface area contributed by atoms with E-state index < -0.39 is 0 Å². The first kappa shape index (κ1) is 12.1. The van der Waals surface area contributed by atoms with Gasteiger partial charge in [-0.15, -0.1) is 0 Å². The molecule has 0 aliphatic carbocycles. The van der Waals surface area contributed by atoms with Crippen LogP contribution in [0.1, 0.15) is 5.56 Å². The summed E-state index contributed by atoms with van der Waals surface area (Å²) in [7, 11) is 1.99. The zero-order chi connectivity index (χ0) is 12.3. The quantitative estimate of drug-likeness (QED) is 0.819. The Hall–Kier alpha value is -1.35. The second-order valence-corrected chi connectivity index (χ2v) is 4.78. The van der Waals surface area contributed by atoms with Crippen LogP contribution in [0.2, 0.25) is 0 Å². The Bertz CT molecular complexity index is 496. The van der Waals surface area contributed by atoms with E-state index in [1.54, 1.807) is 12.1 Å². The number of hydrogen-bond donors (Lipinski definition) is 0. The lowest BCUT2D eigenvalue weighted by molar-refractivity contribution is 0.627. The highest BCUT2D eigenvalue weighted by Gasteiger charge is 2.04. The van der Waals surface area contributed by atoms with E-state index in [9.17, 15) is 4.39 Å². The van der Waals surface area contributed by atoms with Crippen LogP contribution >= 0.6 is 15.9 Å². The molecule has 0 spiro atoms. The van der Waals surface area contributed by atoms with Crippen LogP contribution in [0.25, 0.3) is 0 Å². The minimum absolute atomic E-state index is 0.206. The summed E-state index contributed by atoms with van der Waals surface area (Å²) in [4.78, 5) is 2.08. The van der Waals surface area contributed by atoms with Crippen LogP contribution in [0.5, 0.6) is 0 Å². The van der Waals surface area contributed by atoms with Crippen LogP contribution in [0.15, 0.2) is 53.0 Å². The van der Waals surface area contributed by atoms with Gasteiger partial charge in [0, 0.05) is 23.8 Å². The predicted octanol–water partition coefficient (Wildman–Crippen LogP) is 4.22. The zero-order valence-corrected chi connectivity index (χ0v) is 11.1. The van der Waals surface area contributed by atoms with Crippen molar-refractivity contribution in [3.63, 3.8) is 0 Å². The molecule has 1 nitrogen and oxygen atoms in total. The first-order valence-corrected chi connectivity index (χ1v) is 6.16. The maximum absolute atomic E-state index is 12.8. The summed E-state index contributed by atoms with van der Waals surface area (Å²) in [6.45, 7) is 0.785. The molecule has 3 heteroatoms. The highest BCUT2D eigenvalue weighted by molar-refractivity contribution is 9.10. The molecule has 0 amide bonds. The Kier molecular flexibility index (Phi) is 3.79. The van der Waals surface area contributed by atoms with Crippen molar-refractivity contribution in [3.8, 4) is 0 Å². The van der Waals surface area contributed by atoms with Crippen molar-refractivity contribution >= 4 is 21.6 Å². The van der Waals surface area contributed by atoms with Crippen LogP contribution in [0.3, 0.4) is 0 Å². The van der Waals surface area contributed by atoms with Crippen molar-refractivity contribution in [1.82, 2.24) is 0 Å². The summed E-state index contributed by atoms with van der Waals surface area (Å²) in [6, 6.07) is 14.6. The van der Waals surface area contributed by atoms with Crippen molar-refractivity contribution in [2.45, 2.75) is 6.54 Å². The summed E-state index contributed by atoms with van der Waals surface area (Å²) in [5, 5.41) is 0. The van der Waals surface area contributed by atoms with Gasteiger partial charge in [-0.2, -0.15) is 0 Å². The third kappa shape index (κ3) is 3.07. The summed E-state index contributed by atoms with van der Waals surface area (Å²) in [5.41, 5.74) is 2.21. The molecule has 2 aromatic carbocycles. The molecule has 0 fully saturated rings. The molecule has 0 saturated carbocycles. The standard InChI is InChI=1S/C14H13BrFN/c1-17(13-8-6-12(16)7-9-13)10-11-4-2-3-5-14(11)15/h2-9H,10H2,1H3. The van der Waals surface area contributed by atoms with E-state index in [2.05, 4.69) is 26.9 Å².